The molecule has 3 aromatic carbocycles. The van der Waals surface area contributed by atoms with Crippen molar-refractivity contribution >= 4 is 45.9 Å². The van der Waals surface area contributed by atoms with E-state index in [2.05, 4.69) is 0 Å². The van der Waals surface area contributed by atoms with Crippen LogP contribution in [0.25, 0.3) is 16.6 Å². The fourth-order valence-corrected chi connectivity index (χ4v) is 4.79. The molecule has 0 aliphatic rings. The van der Waals surface area contributed by atoms with Crippen LogP contribution in [0, 0.1) is 0 Å². The van der Waals surface area contributed by atoms with Gasteiger partial charge in [0.15, 0.2) is 5.16 Å². The van der Waals surface area contributed by atoms with Gasteiger partial charge in [0.2, 0.25) is 0 Å². The van der Waals surface area contributed by atoms with Crippen LogP contribution in [0.3, 0.4) is 0 Å². The minimum absolute atomic E-state index is 0.159. The molecule has 0 fully saturated rings. The van der Waals surface area contributed by atoms with Gasteiger partial charge in [0.25, 0.3) is 5.56 Å². The van der Waals surface area contributed by atoms with E-state index in [0.717, 1.165) is 5.56 Å². The van der Waals surface area contributed by atoms with Crippen molar-refractivity contribution in [3.05, 3.63) is 92.7 Å². The summed E-state index contributed by atoms with van der Waals surface area (Å²) < 4.78 is 7.06. The van der Waals surface area contributed by atoms with Crippen LogP contribution in [0.1, 0.15) is 5.56 Å². The highest BCUT2D eigenvalue weighted by Gasteiger charge is 2.17. The number of para-hydroxylation sites is 3. The standard InChI is InChI=1S/C22H16Cl2N2O2S/c1-28-20-12-5-4-11-19(20)26-21(27)14-7-2-3-10-18(14)25-22(26)29-13-15-16(23)8-6-9-17(15)24/h2-12H,13H2,1H3. The number of benzene rings is 3. The van der Waals surface area contributed by atoms with Gasteiger partial charge < -0.3 is 4.74 Å². The third-order valence-electron chi connectivity index (χ3n) is 4.48. The molecule has 0 amide bonds. The average Bonchev–Trinajstić information content (AvgIpc) is 2.74. The molecule has 0 atom stereocenters. The summed E-state index contributed by atoms with van der Waals surface area (Å²) in [5.74, 6) is 1.06. The third kappa shape index (κ3) is 3.86. The van der Waals surface area contributed by atoms with E-state index in [1.807, 2.05) is 42.5 Å². The van der Waals surface area contributed by atoms with Crippen LogP contribution >= 0.6 is 35.0 Å². The minimum Gasteiger partial charge on any atom is -0.495 e. The summed E-state index contributed by atoms with van der Waals surface area (Å²) in [5, 5.41) is 2.24. The lowest BCUT2D eigenvalue weighted by Gasteiger charge is -2.16. The molecular weight excluding hydrogens is 427 g/mol. The van der Waals surface area contributed by atoms with Gasteiger partial charge in [-0.3, -0.25) is 9.36 Å². The first kappa shape index (κ1) is 19.8. The maximum absolute atomic E-state index is 13.4. The summed E-state index contributed by atoms with van der Waals surface area (Å²) in [4.78, 5) is 18.1. The molecule has 29 heavy (non-hydrogen) atoms. The van der Waals surface area contributed by atoms with Gasteiger partial charge in [0.05, 0.1) is 23.7 Å². The lowest BCUT2D eigenvalue weighted by Crippen LogP contribution is -2.22. The summed E-state index contributed by atoms with van der Waals surface area (Å²) in [6.45, 7) is 0. The summed E-state index contributed by atoms with van der Waals surface area (Å²) in [6.07, 6.45) is 0. The fourth-order valence-electron chi connectivity index (χ4n) is 3.04. The molecule has 0 aliphatic heterocycles. The number of methoxy groups -OCH3 is 1. The summed E-state index contributed by atoms with van der Waals surface area (Å²) in [5.41, 5.74) is 1.91. The highest BCUT2D eigenvalue weighted by Crippen LogP contribution is 2.33. The molecule has 0 unspecified atom stereocenters. The van der Waals surface area contributed by atoms with Crippen molar-refractivity contribution in [3.8, 4) is 11.4 Å². The Morgan fingerprint density at radius 1 is 0.966 bits per heavy atom. The van der Waals surface area contributed by atoms with Gasteiger partial charge in [0, 0.05) is 15.8 Å². The van der Waals surface area contributed by atoms with Crippen LogP contribution in [-0.2, 0) is 5.75 Å². The number of hydrogen-bond donors (Lipinski definition) is 0. The normalized spacial score (nSPS) is 11.0. The molecule has 0 N–H and O–H groups in total. The first-order valence-corrected chi connectivity index (χ1v) is 10.5. The zero-order valence-corrected chi connectivity index (χ0v) is 17.8. The van der Waals surface area contributed by atoms with E-state index in [0.29, 0.717) is 43.3 Å². The minimum atomic E-state index is -0.159. The van der Waals surface area contributed by atoms with Gasteiger partial charge in [0.1, 0.15) is 5.75 Å². The molecule has 4 rings (SSSR count). The molecule has 0 saturated heterocycles. The number of nitrogens with zero attached hydrogens (tertiary/aromatic N) is 2. The number of aromatic nitrogens is 2. The second-order valence-corrected chi connectivity index (χ2v) is 7.97. The van der Waals surface area contributed by atoms with Crippen molar-refractivity contribution in [2.45, 2.75) is 10.9 Å². The quantitative estimate of drug-likeness (QED) is 0.281. The lowest BCUT2D eigenvalue weighted by atomic mass is 10.2. The lowest BCUT2D eigenvalue weighted by molar-refractivity contribution is 0.411. The molecule has 1 heterocycles. The van der Waals surface area contributed by atoms with E-state index in [1.165, 1.54) is 11.8 Å². The second-order valence-electron chi connectivity index (χ2n) is 6.21. The van der Waals surface area contributed by atoms with E-state index in [1.54, 1.807) is 35.9 Å². The van der Waals surface area contributed by atoms with E-state index >= 15 is 0 Å². The second kappa shape index (κ2) is 8.49. The predicted octanol–water partition coefficient (Wildman–Crippen LogP) is 5.99. The predicted molar refractivity (Wildman–Crippen MR) is 120 cm³/mol. The van der Waals surface area contributed by atoms with Crippen LogP contribution in [0.2, 0.25) is 10.0 Å². The smallest absolute Gasteiger partial charge is 0.266 e. The average molecular weight is 443 g/mol. The Balaban J connectivity index is 1.89. The Hall–Kier alpha value is -2.47. The number of ether oxygens (including phenoxy) is 1. The fraction of sp³-hybridized carbons (Fsp3) is 0.0909. The van der Waals surface area contributed by atoms with Crippen LogP contribution in [0.4, 0.5) is 0 Å². The topological polar surface area (TPSA) is 44.1 Å². The van der Waals surface area contributed by atoms with E-state index < -0.39 is 0 Å². The first-order valence-electron chi connectivity index (χ1n) is 8.81. The molecule has 0 spiro atoms. The monoisotopic (exact) mass is 442 g/mol. The van der Waals surface area contributed by atoms with Gasteiger partial charge in [-0.2, -0.15) is 0 Å². The van der Waals surface area contributed by atoms with Crippen molar-refractivity contribution in [2.24, 2.45) is 0 Å². The molecule has 146 valence electrons. The molecule has 7 heteroatoms. The molecule has 4 aromatic rings. The summed E-state index contributed by atoms with van der Waals surface area (Å²) >= 11 is 14.0. The molecule has 4 nitrogen and oxygen atoms in total. The Morgan fingerprint density at radius 3 is 2.41 bits per heavy atom. The van der Waals surface area contributed by atoms with E-state index in [-0.39, 0.29) is 5.56 Å². The molecule has 1 aromatic heterocycles. The van der Waals surface area contributed by atoms with E-state index in [4.69, 9.17) is 32.9 Å². The maximum atomic E-state index is 13.4. The molecule has 0 radical (unpaired) electrons. The molecule has 0 bridgehead atoms. The molecule has 0 aliphatic carbocycles. The third-order valence-corrected chi connectivity index (χ3v) is 6.15. The van der Waals surface area contributed by atoms with Crippen molar-refractivity contribution in [2.75, 3.05) is 7.11 Å². The highest BCUT2D eigenvalue weighted by molar-refractivity contribution is 7.98. The highest BCUT2D eigenvalue weighted by atomic mass is 35.5. The van der Waals surface area contributed by atoms with E-state index in [9.17, 15) is 4.79 Å². The summed E-state index contributed by atoms with van der Waals surface area (Å²) in [7, 11) is 1.58. The largest absolute Gasteiger partial charge is 0.495 e. The van der Waals surface area contributed by atoms with Gasteiger partial charge in [-0.05, 0) is 42.0 Å². The van der Waals surface area contributed by atoms with Crippen LogP contribution in [0.15, 0.2) is 76.7 Å². The number of fused-ring (bicyclic) bond motifs is 1. The van der Waals surface area contributed by atoms with Crippen molar-refractivity contribution in [1.29, 1.82) is 0 Å². The zero-order chi connectivity index (χ0) is 20.4. The first-order chi connectivity index (χ1) is 14.1. The zero-order valence-electron chi connectivity index (χ0n) is 15.4. The van der Waals surface area contributed by atoms with Crippen molar-refractivity contribution < 1.29 is 4.74 Å². The van der Waals surface area contributed by atoms with Gasteiger partial charge in [-0.15, -0.1) is 0 Å². The molecular formula is C22H16Cl2N2O2S. The van der Waals surface area contributed by atoms with Crippen LogP contribution in [-0.4, -0.2) is 16.7 Å². The Morgan fingerprint density at radius 2 is 1.66 bits per heavy atom. The SMILES string of the molecule is COc1ccccc1-n1c(SCc2c(Cl)cccc2Cl)nc2ccccc2c1=O. The number of halogens is 2. The Labute approximate surface area is 182 Å². The Kier molecular flexibility index (Phi) is 5.81. The summed E-state index contributed by atoms with van der Waals surface area (Å²) in [6, 6.07) is 20.1. The Bertz CT molecular complexity index is 1240. The van der Waals surface area contributed by atoms with Crippen LogP contribution in [0.5, 0.6) is 5.75 Å². The van der Waals surface area contributed by atoms with Crippen LogP contribution < -0.4 is 10.3 Å². The van der Waals surface area contributed by atoms with Gasteiger partial charge in [-0.1, -0.05) is 65.3 Å². The number of thioether (sulfide) groups is 1. The number of hydrogen-bond acceptors (Lipinski definition) is 4. The van der Waals surface area contributed by atoms with Gasteiger partial charge >= 0.3 is 0 Å². The molecule has 0 saturated carbocycles. The van der Waals surface area contributed by atoms with Crippen molar-refractivity contribution in [3.63, 3.8) is 0 Å². The number of rotatable bonds is 5. The van der Waals surface area contributed by atoms with Gasteiger partial charge in [-0.25, -0.2) is 4.98 Å². The van der Waals surface area contributed by atoms with Crippen molar-refractivity contribution in [1.82, 2.24) is 9.55 Å². The maximum Gasteiger partial charge on any atom is 0.266 e.